The summed E-state index contributed by atoms with van der Waals surface area (Å²) in [5, 5.41) is 8.91. The number of hydrogen-bond donors (Lipinski definition) is 1. The standard InChI is InChI=1S/C14H21FN2O/c1-12(13-2-4-14(15)5-3-13)17-8-6-16(7-9-17)10-11-18/h2-5,12,18H,6-11H2,1H3/t12-/m1/s1. The first kappa shape index (κ1) is 13.5. The molecule has 2 rings (SSSR count). The van der Waals surface area contributed by atoms with Crippen LogP contribution in [-0.4, -0.2) is 54.2 Å². The smallest absolute Gasteiger partial charge is 0.123 e. The lowest BCUT2D eigenvalue weighted by molar-refractivity contribution is 0.0888. The van der Waals surface area contributed by atoms with Gasteiger partial charge in [0.05, 0.1) is 6.61 Å². The SMILES string of the molecule is C[C@H](c1ccc(F)cc1)N1CCN(CCO)CC1. The molecule has 0 amide bonds. The molecule has 3 nitrogen and oxygen atoms in total. The van der Waals surface area contributed by atoms with Crippen LogP contribution in [0, 0.1) is 5.82 Å². The second-order valence-electron chi connectivity index (χ2n) is 4.83. The number of aliphatic hydroxyl groups is 1. The monoisotopic (exact) mass is 252 g/mol. The summed E-state index contributed by atoms with van der Waals surface area (Å²) >= 11 is 0. The minimum atomic E-state index is -0.182. The Kier molecular flexibility index (Phi) is 4.69. The van der Waals surface area contributed by atoms with Gasteiger partial charge >= 0.3 is 0 Å². The first-order valence-electron chi connectivity index (χ1n) is 6.53. The average Bonchev–Trinajstić information content (AvgIpc) is 2.40. The van der Waals surface area contributed by atoms with Crippen molar-refractivity contribution in [1.82, 2.24) is 9.80 Å². The lowest BCUT2D eigenvalue weighted by Crippen LogP contribution is -2.47. The van der Waals surface area contributed by atoms with Gasteiger partial charge in [0.1, 0.15) is 5.82 Å². The highest BCUT2D eigenvalue weighted by molar-refractivity contribution is 5.19. The zero-order valence-electron chi connectivity index (χ0n) is 10.8. The Morgan fingerprint density at radius 1 is 1.17 bits per heavy atom. The molecule has 0 unspecified atom stereocenters. The van der Waals surface area contributed by atoms with Crippen molar-refractivity contribution in [3.05, 3.63) is 35.6 Å². The first-order valence-corrected chi connectivity index (χ1v) is 6.53. The van der Waals surface area contributed by atoms with Gasteiger partial charge in [-0.3, -0.25) is 9.80 Å². The number of hydrogen-bond acceptors (Lipinski definition) is 3. The second-order valence-corrected chi connectivity index (χ2v) is 4.83. The molecule has 0 radical (unpaired) electrons. The van der Waals surface area contributed by atoms with Crippen molar-refractivity contribution >= 4 is 0 Å². The molecule has 1 aliphatic heterocycles. The summed E-state index contributed by atoms with van der Waals surface area (Å²) in [5.74, 6) is -0.182. The Labute approximate surface area is 108 Å². The highest BCUT2D eigenvalue weighted by Gasteiger charge is 2.21. The van der Waals surface area contributed by atoms with Crippen molar-refractivity contribution in [3.8, 4) is 0 Å². The largest absolute Gasteiger partial charge is 0.395 e. The second kappa shape index (κ2) is 6.27. The van der Waals surface area contributed by atoms with Crippen LogP contribution in [0.5, 0.6) is 0 Å². The molecule has 1 aliphatic rings. The topological polar surface area (TPSA) is 26.7 Å². The van der Waals surface area contributed by atoms with Crippen LogP contribution in [0.4, 0.5) is 4.39 Å². The van der Waals surface area contributed by atoms with E-state index in [2.05, 4.69) is 16.7 Å². The number of nitrogens with zero attached hydrogens (tertiary/aromatic N) is 2. The fourth-order valence-corrected chi connectivity index (χ4v) is 2.47. The Bertz CT molecular complexity index is 361. The zero-order valence-corrected chi connectivity index (χ0v) is 10.8. The van der Waals surface area contributed by atoms with E-state index in [0.29, 0.717) is 6.04 Å². The number of β-amino-alcohol motifs (C(OH)–C–C–N with tert-alkyl or cyclic N) is 1. The molecule has 4 heteroatoms. The number of aliphatic hydroxyl groups excluding tert-OH is 1. The maximum atomic E-state index is 12.9. The normalized spacial score (nSPS) is 19.9. The zero-order chi connectivity index (χ0) is 13.0. The molecule has 1 saturated heterocycles. The van der Waals surface area contributed by atoms with Gasteiger partial charge in [-0.2, -0.15) is 0 Å². The van der Waals surface area contributed by atoms with Crippen LogP contribution in [0.15, 0.2) is 24.3 Å². The van der Waals surface area contributed by atoms with Crippen LogP contribution in [0.1, 0.15) is 18.5 Å². The van der Waals surface area contributed by atoms with E-state index in [9.17, 15) is 4.39 Å². The summed E-state index contributed by atoms with van der Waals surface area (Å²) in [6.45, 7) is 7.14. The van der Waals surface area contributed by atoms with Crippen molar-refractivity contribution < 1.29 is 9.50 Å². The van der Waals surface area contributed by atoms with Crippen molar-refractivity contribution in [2.75, 3.05) is 39.3 Å². The minimum absolute atomic E-state index is 0.182. The van der Waals surface area contributed by atoms with Gasteiger partial charge in [-0.1, -0.05) is 12.1 Å². The van der Waals surface area contributed by atoms with Crippen LogP contribution in [0.25, 0.3) is 0 Å². The maximum Gasteiger partial charge on any atom is 0.123 e. The van der Waals surface area contributed by atoms with Gasteiger partial charge in [0.2, 0.25) is 0 Å². The van der Waals surface area contributed by atoms with Gasteiger partial charge in [-0.05, 0) is 24.6 Å². The Morgan fingerprint density at radius 3 is 2.33 bits per heavy atom. The summed E-state index contributed by atoms with van der Waals surface area (Å²) in [6, 6.07) is 7.09. The van der Waals surface area contributed by atoms with Crippen molar-refractivity contribution in [2.45, 2.75) is 13.0 Å². The molecule has 18 heavy (non-hydrogen) atoms. The molecule has 0 aromatic heterocycles. The molecular formula is C14H21FN2O. The van der Waals surface area contributed by atoms with Crippen LogP contribution in [0.3, 0.4) is 0 Å². The average molecular weight is 252 g/mol. The number of benzene rings is 1. The highest BCUT2D eigenvalue weighted by atomic mass is 19.1. The van der Waals surface area contributed by atoms with E-state index in [1.165, 1.54) is 12.1 Å². The fourth-order valence-electron chi connectivity index (χ4n) is 2.47. The van der Waals surface area contributed by atoms with E-state index in [-0.39, 0.29) is 12.4 Å². The molecule has 0 saturated carbocycles. The van der Waals surface area contributed by atoms with Gasteiger partial charge in [-0.15, -0.1) is 0 Å². The summed E-state index contributed by atoms with van der Waals surface area (Å²) in [5.41, 5.74) is 1.16. The number of halogens is 1. The Hall–Kier alpha value is -0.970. The third-order valence-electron chi connectivity index (χ3n) is 3.72. The Balaban J connectivity index is 1.91. The molecule has 1 aromatic carbocycles. The van der Waals surface area contributed by atoms with Gasteiger partial charge in [0, 0.05) is 38.8 Å². The molecule has 0 aliphatic carbocycles. The molecule has 1 fully saturated rings. The lowest BCUT2D eigenvalue weighted by Gasteiger charge is -2.38. The fraction of sp³-hybridized carbons (Fsp3) is 0.571. The number of piperazine rings is 1. The third kappa shape index (κ3) is 3.28. The van der Waals surface area contributed by atoms with Gasteiger partial charge in [0.15, 0.2) is 0 Å². The van der Waals surface area contributed by atoms with E-state index >= 15 is 0 Å². The minimum Gasteiger partial charge on any atom is -0.395 e. The van der Waals surface area contributed by atoms with Crippen LogP contribution in [-0.2, 0) is 0 Å². The highest BCUT2D eigenvalue weighted by Crippen LogP contribution is 2.21. The van der Waals surface area contributed by atoms with E-state index in [4.69, 9.17) is 5.11 Å². The predicted octanol–water partition coefficient (Wildman–Crippen LogP) is 1.50. The van der Waals surface area contributed by atoms with Gasteiger partial charge < -0.3 is 5.11 Å². The molecular weight excluding hydrogens is 231 g/mol. The third-order valence-corrected chi connectivity index (χ3v) is 3.72. The van der Waals surface area contributed by atoms with Crippen molar-refractivity contribution in [2.24, 2.45) is 0 Å². The molecule has 100 valence electrons. The van der Waals surface area contributed by atoms with E-state index in [1.54, 1.807) is 0 Å². The Morgan fingerprint density at radius 2 is 1.78 bits per heavy atom. The van der Waals surface area contributed by atoms with E-state index in [0.717, 1.165) is 38.3 Å². The quantitative estimate of drug-likeness (QED) is 0.879. The molecule has 1 N–H and O–H groups in total. The van der Waals surface area contributed by atoms with Gasteiger partial charge in [-0.25, -0.2) is 4.39 Å². The summed E-state index contributed by atoms with van der Waals surface area (Å²) < 4.78 is 12.9. The molecule has 1 atom stereocenters. The van der Waals surface area contributed by atoms with Crippen LogP contribution < -0.4 is 0 Å². The van der Waals surface area contributed by atoms with Crippen molar-refractivity contribution in [1.29, 1.82) is 0 Å². The molecule has 1 aromatic rings. The summed E-state index contributed by atoms with van der Waals surface area (Å²) in [6.07, 6.45) is 0. The van der Waals surface area contributed by atoms with Crippen LogP contribution >= 0.6 is 0 Å². The van der Waals surface area contributed by atoms with Crippen LogP contribution in [0.2, 0.25) is 0 Å². The molecule has 0 spiro atoms. The number of rotatable bonds is 4. The maximum absolute atomic E-state index is 12.9. The van der Waals surface area contributed by atoms with E-state index < -0.39 is 0 Å². The van der Waals surface area contributed by atoms with E-state index in [1.807, 2.05) is 12.1 Å². The molecule has 0 bridgehead atoms. The first-order chi connectivity index (χ1) is 8.70. The van der Waals surface area contributed by atoms with Gasteiger partial charge in [0.25, 0.3) is 0 Å². The lowest BCUT2D eigenvalue weighted by atomic mass is 10.1. The predicted molar refractivity (Wildman–Crippen MR) is 69.9 cm³/mol. The summed E-state index contributed by atoms with van der Waals surface area (Å²) in [4.78, 5) is 4.68. The molecule has 1 heterocycles. The van der Waals surface area contributed by atoms with Crippen molar-refractivity contribution in [3.63, 3.8) is 0 Å². The summed E-state index contributed by atoms with van der Waals surface area (Å²) in [7, 11) is 0.